The van der Waals surface area contributed by atoms with Crippen LogP contribution < -0.4 is 20.1 Å². The molecule has 130 valence electrons. The molecule has 23 heavy (non-hydrogen) atoms. The van der Waals surface area contributed by atoms with Gasteiger partial charge in [-0.05, 0) is 26.8 Å². The highest BCUT2D eigenvalue weighted by Crippen LogP contribution is 2.30. The molecule has 0 radical (unpaired) electrons. The second-order valence-corrected chi connectivity index (χ2v) is 5.67. The molecule has 1 aromatic carbocycles. The molecule has 0 aliphatic rings. The number of benzene rings is 1. The van der Waals surface area contributed by atoms with Crippen LogP contribution in [0.1, 0.15) is 26.3 Å². The summed E-state index contributed by atoms with van der Waals surface area (Å²) in [6, 6.07) is 5.78. The number of hydrogen-bond donors (Lipinski definition) is 2. The smallest absolute Gasteiger partial charge is 0.191 e. The Hall–Kier alpha value is -1.95. The maximum absolute atomic E-state index is 5.44. The van der Waals surface area contributed by atoms with Crippen LogP contribution in [0.2, 0.25) is 0 Å². The number of ether oxygens (including phenoxy) is 3. The summed E-state index contributed by atoms with van der Waals surface area (Å²) in [5, 5.41) is 6.52. The normalized spacial score (nSPS) is 12.0. The fourth-order valence-corrected chi connectivity index (χ4v) is 1.95. The van der Waals surface area contributed by atoms with Crippen LogP contribution in [0.5, 0.6) is 11.5 Å². The lowest BCUT2D eigenvalue weighted by atomic mass is 10.1. The van der Waals surface area contributed by atoms with Gasteiger partial charge in [0.25, 0.3) is 0 Å². The number of hydrogen-bond acceptors (Lipinski definition) is 4. The first kappa shape index (κ1) is 19.1. The summed E-state index contributed by atoms with van der Waals surface area (Å²) >= 11 is 0. The number of rotatable bonds is 8. The third-order valence-corrected chi connectivity index (χ3v) is 3.47. The number of para-hydroxylation sites is 1. The van der Waals surface area contributed by atoms with Crippen molar-refractivity contribution in [2.75, 3.05) is 34.4 Å². The molecule has 0 aliphatic carbocycles. The quantitative estimate of drug-likeness (QED) is 0.567. The molecular weight excluding hydrogens is 294 g/mol. The Kier molecular flexibility index (Phi) is 7.68. The summed E-state index contributed by atoms with van der Waals surface area (Å²) in [7, 11) is 4.96. The first-order valence-corrected chi connectivity index (χ1v) is 7.74. The minimum absolute atomic E-state index is 0.260. The first-order valence-electron chi connectivity index (χ1n) is 7.74. The van der Waals surface area contributed by atoms with Gasteiger partial charge >= 0.3 is 0 Å². The van der Waals surface area contributed by atoms with Crippen molar-refractivity contribution >= 4 is 5.96 Å². The highest BCUT2D eigenvalue weighted by Gasteiger charge is 2.16. The molecule has 6 nitrogen and oxygen atoms in total. The zero-order valence-electron chi connectivity index (χ0n) is 15.0. The SMILES string of the molecule is CCNC(=NCc1cccc(OC)c1OC)NCC(C)(C)OC. The summed E-state index contributed by atoms with van der Waals surface area (Å²) in [6.45, 7) is 8.01. The molecule has 0 saturated heterocycles. The van der Waals surface area contributed by atoms with Crippen LogP contribution in [-0.4, -0.2) is 46.0 Å². The predicted molar refractivity (Wildman–Crippen MR) is 93.5 cm³/mol. The fourth-order valence-electron chi connectivity index (χ4n) is 1.95. The Morgan fingerprint density at radius 1 is 1.13 bits per heavy atom. The lowest BCUT2D eigenvalue weighted by Gasteiger charge is -2.24. The van der Waals surface area contributed by atoms with Crippen LogP contribution in [0.15, 0.2) is 23.2 Å². The molecule has 2 N–H and O–H groups in total. The topological polar surface area (TPSA) is 64.1 Å². The van der Waals surface area contributed by atoms with Crippen LogP contribution in [-0.2, 0) is 11.3 Å². The zero-order valence-corrected chi connectivity index (χ0v) is 15.0. The molecule has 0 spiro atoms. The second-order valence-electron chi connectivity index (χ2n) is 5.67. The van der Waals surface area contributed by atoms with Crippen molar-refractivity contribution < 1.29 is 14.2 Å². The highest BCUT2D eigenvalue weighted by molar-refractivity contribution is 5.79. The van der Waals surface area contributed by atoms with E-state index in [1.165, 1.54) is 0 Å². The molecule has 0 aromatic heterocycles. The molecule has 0 unspecified atom stereocenters. The Morgan fingerprint density at radius 2 is 1.87 bits per heavy atom. The van der Waals surface area contributed by atoms with Crippen molar-refractivity contribution in [1.29, 1.82) is 0 Å². The van der Waals surface area contributed by atoms with Crippen molar-refractivity contribution in [3.63, 3.8) is 0 Å². The van der Waals surface area contributed by atoms with Crippen molar-refractivity contribution in [3.05, 3.63) is 23.8 Å². The fraction of sp³-hybridized carbons (Fsp3) is 0.588. The maximum Gasteiger partial charge on any atom is 0.191 e. The van der Waals surface area contributed by atoms with Crippen molar-refractivity contribution in [2.45, 2.75) is 32.9 Å². The van der Waals surface area contributed by atoms with Crippen LogP contribution >= 0.6 is 0 Å². The Balaban J connectivity index is 2.85. The van der Waals surface area contributed by atoms with Gasteiger partial charge in [0.2, 0.25) is 0 Å². The summed E-state index contributed by atoms with van der Waals surface area (Å²) in [6.07, 6.45) is 0. The third-order valence-electron chi connectivity index (χ3n) is 3.47. The number of methoxy groups -OCH3 is 3. The molecule has 0 amide bonds. The highest BCUT2D eigenvalue weighted by atomic mass is 16.5. The predicted octanol–water partition coefficient (Wildman–Crippen LogP) is 2.18. The first-order chi connectivity index (χ1) is 11.0. The van der Waals surface area contributed by atoms with Gasteiger partial charge in [-0.2, -0.15) is 0 Å². The van der Waals surface area contributed by atoms with Gasteiger partial charge in [0.05, 0.1) is 26.4 Å². The minimum atomic E-state index is -0.260. The monoisotopic (exact) mass is 323 g/mol. The standard InChI is InChI=1S/C17H29N3O3/c1-7-18-16(20-12-17(2,3)23-6)19-11-13-9-8-10-14(21-4)15(13)22-5/h8-10H,7,11-12H2,1-6H3,(H2,18,19,20). The van der Waals surface area contributed by atoms with E-state index in [2.05, 4.69) is 15.6 Å². The maximum atomic E-state index is 5.44. The molecule has 6 heteroatoms. The van der Waals surface area contributed by atoms with E-state index < -0.39 is 0 Å². The zero-order chi connectivity index (χ0) is 17.3. The molecule has 0 saturated carbocycles. The molecule has 0 heterocycles. The van der Waals surface area contributed by atoms with Gasteiger partial charge in [-0.15, -0.1) is 0 Å². The largest absolute Gasteiger partial charge is 0.493 e. The van der Waals surface area contributed by atoms with E-state index in [0.29, 0.717) is 24.6 Å². The summed E-state index contributed by atoms with van der Waals surface area (Å²) < 4.78 is 16.2. The molecule has 1 rings (SSSR count). The van der Waals surface area contributed by atoms with Crippen LogP contribution in [0.4, 0.5) is 0 Å². The molecule has 0 bridgehead atoms. The van der Waals surface area contributed by atoms with E-state index >= 15 is 0 Å². The van der Waals surface area contributed by atoms with E-state index in [4.69, 9.17) is 14.2 Å². The number of aliphatic imine (C=N–C) groups is 1. The third kappa shape index (κ3) is 5.98. The van der Waals surface area contributed by atoms with Gasteiger partial charge in [-0.3, -0.25) is 0 Å². The summed E-state index contributed by atoms with van der Waals surface area (Å²) in [5.74, 6) is 2.16. The van der Waals surface area contributed by atoms with Crippen LogP contribution in [0.3, 0.4) is 0 Å². The number of nitrogens with zero attached hydrogens (tertiary/aromatic N) is 1. The van der Waals surface area contributed by atoms with Crippen molar-refractivity contribution in [3.8, 4) is 11.5 Å². The Labute approximate surface area is 139 Å². The van der Waals surface area contributed by atoms with E-state index in [0.717, 1.165) is 18.1 Å². The second kappa shape index (κ2) is 9.25. The number of nitrogens with one attached hydrogen (secondary N) is 2. The van der Waals surface area contributed by atoms with Gasteiger partial charge in [0, 0.05) is 25.8 Å². The Morgan fingerprint density at radius 3 is 2.43 bits per heavy atom. The molecule has 0 atom stereocenters. The molecule has 0 fully saturated rings. The summed E-state index contributed by atoms with van der Waals surface area (Å²) in [5.41, 5.74) is 0.708. The average molecular weight is 323 g/mol. The van der Waals surface area contributed by atoms with Crippen molar-refractivity contribution in [2.24, 2.45) is 4.99 Å². The lowest BCUT2D eigenvalue weighted by molar-refractivity contribution is 0.0268. The van der Waals surface area contributed by atoms with Crippen LogP contribution in [0.25, 0.3) is 0 Å². The minimum Gasteiger partial charge on any atom is -0.493 e. The summed E-state index contributed by atoms with van der Waals surface area (Å²) in [4.78, 5) is 4.61. The van der Waals surface area contributed by atoms with Crippen molar-refractivity contribution in [1.82, 2.24) is 10.6 Å². The van der Waals surface area contributed by atoms with Gasteiger partial charge in [0.15, 0.2) is 17.5 Å². The van der Waals surface area contributed by atoms with E-state index in [-0.39, 0.29) is 5.60 Å². The van der Waals surface area contributed by atoms with Gasteiger partial charge in [-0.1, -0.05) is 12.1 Å². The van der Waals surface area contributed by atoms with Gasteiger partial charge < -0.3 is 24.8 Å². The van der Waals surface area contributed by atoms with E-state index in [1.807, 2.05) is 39.0 Å². The lowest BCUT2D eigenvalue weighted by Crippen LogP contribution is -2.45. The molecule has 0 aliphatic heterocycles. The average Bonchev–Trinajstić information content (AvgIpc) is 2.56. The van der Waals surface area contributed by atoms with Gasteiger partial charge in [0.1, 0.15) is 0 Å². The Bertz CT molecular complexity index is 516. The van der Waals surface area contributed by atoms with Gasteiger partial charge in [-0.25, -0.2) is 4.99 Å². The van der Waals surface area contributed by atoms with E-state index in [9.17, 15) is 0 Å². The number of guanidine groups is 1. The van der Waals surface area contributed by atoms with E-state index in [1.54, 1.807) is 21.3 Å². The van der Waals surface area contributed by atoms with Crippen LogP contribution in [0, 0.1) is 0 Å². The molecular formula is C17H29N3O3. The molecule has 1 aromatic rings.